The van der Waals surface area contributed by atoms with E-state index < -0.39 is 0 Å². The third kappa shape index (κ3) is 3.21. The van der Waals surface area contributed by atoms with Crippen molar-refractivity contribution in [3.05, 3.63) is 34.2 Å². The number of nitrogens with one attached hydrogen (secondary N) is 1. The van der Waals surface area contributed by atoms with Gasteiger partial charge in [-0.25, -0.2) is 0 Å². The molecule has 1 aliphatic rings. The first kappa shape index (κ1) is 14.2. The first-order chi connectivity index (χ1) is 9.06. The lowest BCUT2D eigenvalue weighted by atomic mass is 10.1. The largest absolute Gasteiger partial charge is 0.351 e. The predicted octanol–water partition coefficient (Wildman–Crippen LogP) is 1.79. The molecule has 0 aromatic carbocycles. The van der Waals surface area contributed by atoms with Gasteiger partial charge in [0.15, 0.2) is 0 Å². The highest BCUT2D eigenvalue weighted by atomic mass is 32.2. The van der Waals surface area contributed by atoms with Crippen molar-refractivity contribution in [2.24, 2.45) is 7.05 Å². The molecular formula is C14H20N2O2S. The van der Waals surface area contributed by atoms with Crippen LogP contribution in [-0.2, 0) is 7.05 Å². The summed E-state index contributed by atoms with van der Waals surface area (Å²) in [5.74, 6) is -0.155. The minimum atomic E-state index is -0.159. The summed E-state index contributed by atoms with van der Waals surface area (Å²) in [5, 5.41) is 2.97. The number of amides is 1. The van der Waals surface area contributed by atoms with Gasteiger partial charge in [-0.1, -0.05) is 12.8 Å². The zero-order chi connectivity index (χ0) is 13.9. The highest BCUT2D eigenvalue weighted by molar-refractivity contribution is 8.00. The molecule has 0 saturated heterocycles. The second kappa shape index (κ2) is 5.82. The number of thioether (sulfide) groups is 1. The summed E-state index contributed by atoms with van der Waals surface area (Å²) in [6.45, 7) is 0.683. The van der Waals surface area contributed by atoms with E-state index in [2.05, 4.69) is 11.6 Å². The van der Waals surface area contributed by atoms with Crippen molar-refractivity contribution in [2.45, 2.75) is 30.4 Å². The quantitative estimate of drug-likeness (QED) is 0.915. The number of aromatic nitrogens is 1. The van der Waals surface area contributed by atoms with Crippen molar-refractivity contribution in [1.29, 1.82) is 0 Å². The summed E-state index contributed by atoms with van der Waals surface area (Å²) < 4.78 is 1.65. The third-order valence-electron chi connectivity index (χ3n) is 3.89. The second-order valence-electron chi connectivity index (χ2n) is 5.14. The smallest absolute Gasteiger partial charge is 0.251 e. The summed E-state index contributed by atoms with van der Waals surface area (Å²) >= 11 is 1.84. The van der Waals surface area contributed by atoms with E-state index >= 15 is 0 Å². The highest BCUT2D eigenvalue weighted by Crippen LogP contribution is 2.39. The molecule has 0 spiro atoms. The van der Waals surface area contributed by atoms with Gasteiger partial charge in [0.05, 0.1) is 0 Å². The molecular weight excluding hydrogens is 260 g/mol. The number of carbonyl (C=O) groups excluding carboxylic acids is 1. The van der Waals surface area contributed by atoms with Crippen molar-refractivity contribution in [3.63, 3.8) is 0 Å². The lowest BCUT2D eigenvalue weighted by Gasteiger charge is -2.26. The zero-order valence-electron chi connectivity index (χ0n) is 11.4. The topological polar surface area (TPSA) is 51.1 Å². The molecule has 1 aromatic rings. The molecule has 0 radical (unpaired) electrons. The van der Waals surface area contributed by atoms with Crippen LogP contribution in [0, 0.1) is 0 Å². The Balaban J connectivity index is 2.01. The van der Waals surface area contributed by atoms with Crippen LogP contribution in [0.15, 0.2) is 23.1 Å². The van der Waals surface area contributed by atoms with Gasteiger partial charge in [-0.05, 0) is 25.2 Å². The van der Waals surface area contributed by atoms with Crippen molar-refractivity contribution >= 4 is 17.7 Å². The maximum Gasteiger partial charge on any atom is 0.251 e. The van der Waals surface area contributed by atoms with Crippen LogP contribution in [0.4, 0.5) is 0 Å². The van der Waals surface area contributed by atoms with E-state index in [1.54, 1.807) is 19.3 Å². The van der Waals surface area contributed by atoms with E-state index in [0.717, 1.165) is 12.8 Å². The van der Waals surface area contributed by atoms with Gasteiger partial charge in [-0.15, -0.1) is 0 Å². The van der Waals surface area contributed by atoms with Gasteiger partial charge < -0.3 is 9.88 Å². The van der Waals surface area contributed by atoms with Crippen LogP contribution in [0.2, 0.25) is 0 Å². The standard InChI is InChI=1S/C14H20N2O2S/c1-16-8-5-11(9-12(16)17)13(18)15-10-14(19-2)6-3-4-7-14/h5,8-9H,3-4,6-7,10H2,1-2H3,(H,15,18). The van der Waals surface area contributed by atoms with E-state index in [1.807, 2.05) is 11.8 Å². The molecule has 0 aliphatic heterocycles. The summed E-state index contributed by atoms with van der Waals surface area (Å²) in [7, 11) is 1.67. The predicted molar refractivity (Wildman–Crippen MR) is 78.7 cm³/mol. The van der Waals surface area contributed by atoms with Crippen molar-refractivity contribution < 1.29 is 4.79 Å². The fourth-order valence-corrected chi connectivity index (χ4v) is 3.42. The number of hydrogen-bond donors (Lipinski definition) is 1. The van der Waals surface area contributed by atoms with Crippen LogP contribution in [0.5, 0.6) is 0 Å². The van der Waals surface area contributed by atoms with E-state index in [9.17, 15) is 9.59 Å². The van der Waals surface area contributed by atoms with E-state index in [4.69, 9.17) is 0 Å². The molecule has 1 fully saturated rings. The first-order valence-corrected chi connectivity index (χ1v) is 7.79. The minimum Gasteiger partial charge on any atom is -0.351 e. The van der Waals surface area contributed by atoms with Crippen LogP contribution in [0.25, 0.3) is 0 Å². The number of pyridine rings is 1. The molecule has 104 valence electrons. The molecule has 1 aromatic heterocycles. The average Bonchev–Trinajstić information content (AvgIpc) is 2.89. The summed E-state index contributed by atoms with van der Waals surface area (Å²) in [4.78, 5) is 23.6. The average molecular weight is 280 g/mol. The van der Waals surface area contributed by atoms with Crippen LogP contribution in [-0.4, -0.2) is 28.0 Å². The van der Waals surface area contributed by atoms with E-state index in [-0.39, 0.29) is 16.2 Å². The SMILES string of the molecule is CSC1(CNC(=O)c2ccn(C)c(=O)c2)CCCC1. The van der Waals surface area contributed by atoms with Gasteiger partial charge in [0, 0.05) is 36.2 Å². The summed E-state index contributed by atoms with van der Waals surface area (Å²) in [6.07, 6.45) is 8.52. The Bertz CT molecular complexity index is 518. The molecule has 1 heterocycles. The Morgan fingerprint density at radius 1 is 1.47 bits per heavy atom. The lowest BCUT2D eigenvalue weighted by molar-refractivity contribution is 0.0949. The lowest BCUT2D eigenvalue weighted by Crippen LogP contribution is -2.38. The van der Waals surface area contributed by atoms with Crippen LogP contribution < -0.4 is 10.9 Å². The number of carbonyl (C=O) groups is 1. The van der Waals surface area contributed by atoms with Gasteiger partial charge in [0.25, 0.3) is 11.5 Å². The van der Waals surface area contributed by atoms with Gasteiger partial charge in [-0.3, -0.25) is 9.59 Å². The zero-order valence-corrected chi connectivity index (χ0v) is 12.3. The van der Waals surface area contributed by atoms with Crippen LogP contribution in [0.1, 0.15) is 36.0 Å². The monoisotopic (exact) mass is 280 g/mol. The van der Waals surface area contributed by atoms with Gasteiger partial charge in [0.1, 0.15) is 0 Å². The molecule has 5 heteroatoms. The first-order valence-electron chi connectivity index (χ1n) is 6.56. The molecule has 19 heavy (non-hydrogen) atoms. The van der Waals surface area contributed by atoms with Crippen LogP contribution >= 0.6 is 11.8 Å². The molecule has 1 aliphatic carbocycles. The molecule has 1 N–H and O–H groups in total. The number of rotatable bonds is 4. The highest BCUT2D eigenvalue weighted by Gasteiger charge is 2.33. The van der Waals surface area contributed by atoms with Crippen molar-refractivity contribution in [2.75, 3.05) is 12.8 Å². The Morgan fingerprint density at radius 2 is 2.16 bits per heavy atom. The normalized spacial score (nSPS) is 17.4. The molecule has 1 saturated carbocycles. The van der Waals surface area contributed by atoms with Crippen LogP contribution in [0.3, 0.4) is 0 Å². The number of hydrogen-bond acceptors (Lipinski definition) is 3. The fraction of sp³-hybridized carbons (Fsp3) is 0.571. The van der Waals surface area contributed by atoms with E-state index in [1.165, 1.54) is 23.5 Å². The van der Waals surface area contributed by atoms with Gasteiger partial charge >= 0.3 is 0 Å². The maximum atomic E-state index is 12.1. The van der Waals surface area contributed by atoms with E-state index in [0.29, 0.717) is 12.1 Å². The van der Waals surface area contributed by atoms with Crippen molar-refractivity contribution in [3.8, 4) is 0 Å². The van der Waals surface area contributed by atoms with Crippen molar-refractivity contribution in [1.82, 2.24) is 9.88 Å². The second-order valence-corrected chi connectivity index (χ2v) is 6.42. The number of aryl methyl sites for hydroxylation is 1. The molecule has 0 atom stereocenters. The Labute approximate surface area is 117 Å². The van der Waals surface area contributed by atoms with Gasteiger partial charge in [0.2, 0.25) is 0 Å². The molecule has 0 unspecified atom stereocenters. The molecule has 1 amide bonds. The molecule has 4 nitrogen and oxygen atoms in total. The molecule has 2 rings (SSSR count). The third-order valence-corrected chi connectivity index (χ3v) is 5.30. The number of nitrogens with zero attached hydrogens (tertiary/aromatic N) is 1. The maximum absolute atomic E-state index is 12.1. The Kier molecular flexibility index (Phi) is 4.34. The Hall–Kier alpha value is -1.23. The Morgan fingerprint density at radius 3 is 2.74 bits per heavy atom. The summed E-state index contributed by atoms with van der Waals surface area (Å²) in [6, 6.07) is 3.06. The minimum absolute atomic E-state index is 0.155. The summed E-state index contributed by atoms with van der Waals surface area (Å²) in [5.41, 5.74) is 0.283. The van der Waals surface area contributed by atoms with Gasteiger partial charge in [-0.2, -0.15) is 11.8 Å². The fourth-order valence-electron chi connectivity index (χ4n) is 2.51. The molecule has 0 bridgehead atoms.